The molecule has 0 amide bonds. The lowest BCUT2D eigenvalue weighted by atomic mass is 9.99. The average Bonchev–Trinajstić information content (AvgIpc) is 3.36. The summed E-state index contributed by atoms with van der Waals surface area (Å²) in [5, 5.41) is 36.4. The zero-order valence-corrected chi connectivity index (χ0v) is 18.3. The molecule has 0 radical (unpaired) electrons. The van der Waals surface area contributed by atoms with Gasteiger partial charge in [-0.2, -0.15) is 0 Å². The first-order valence-corrected chi connectivity index (χ1v) is 10.4. The molecule has 1 aliphatic heterocycles. The summed E-state index contributed by atoms with van der Waals surface area (Å²) in [5.74, 6) is 0.554. The smallest absolute Gasteiger partial charge is 0.173 e. The van der Waals surface area contributed by atoms with Crippen LogP contribution in [0.25, 0.3) is 11.0 Å². The number of benzene rings is 1. The summed E-state index contributed by atoms with van der Waals surface area (Å²) >= 11 is 5.91. The second-order valence-corrected chi connectivity index (χ2v) is 7.87. The van der Waals surface area contributed by atoms with Crippen LogP contribution >= 0.6 is 11.6 Å². The third-order valence-electron chi connectivity index (χ3n) is 5.54. The lowest BCUT2D eigenvalue weighted by Crippen LogP contribution is -2.34. The molecule has 4 rings (SSSR count). The van der Waals surface area contributed by atoms with Crippen LogP contribution in [0.1, 0.15) is 17.9 Å². The summed E-state index contributed by atoms with van der Waals surface area (Å²) in [4.78, 5) is 8.57. The molecule has 3 aromatic rings. The monoisotopic (exact) mass is 464 g/mol. The Hall–Kier alpha value is -2.31. The van der Waals surface area contributed by atoms with E-state index in [1.54, 1.807) is 55.3 Å². The zero-order chi connectivity index (χ0) is 22.8. The van der Waals surface area contributed by atoms with Gasteiger partial charge in [0.2, 0.25) is 0 Å². The van der Waals surface area contributed by atoms with E-state index < -0.39 is 36.9 Å². The van der Waals surface area contributed by atoms with Crippen LogP contribution in [0.2, 0.25) is 5.02 Å². The lowest BCUT2D eigenvalue weighted by Gasteiger charge is -2.21. The molecule has 2 aromatic heterocycles. The van der Waals surface area contributed by atoms with Crippen LogP contribution in [-0.4, -0.2) is 75.2 Å². The molecule has 3 heterocycles. The fourth-order valence-electron chi connectivity index (χ4n) is 3.79. The van der Waals surface area contributed by atoms with E-state index >= 15 is 0 Å². The average molecular weight is 465 g/mol. The summed E-state index contributed by atoms with van der Waals surface area (Å²) in [7, 11) is 3.09. The first kappa shape index (κ1) is 22.9. The van der Waals surface area contributed by atoms with E-state index in [1.165, 1.54) is 6.33 Å². The maximum absolute atomic E-state index is 10.7. The van der Waals surface area contributed by atoms with Gasteiger partial charge in [0, 0.05) is 25.4 Å². The van der Waals surface area contributed by atoms with Crippen LogP contribution in [0.3, 0.4) is 0 Å². The second kappa shape index (κ2) is 9.67. The second-order valence-electron chi connectivity index (χ2n) is 7.43. The number of fused-ring (bicyclic) bond motifs is 1. The number of ether oxygens (including phenoxy) is 3. The number of anilines is 1. The highest BCUT2D eigenvalue weighted by molar-refractivity contribution is 6.30. The fourth-order valence-corrected chi connectivity index (χ4v) is 3.91. The molecule has 0 aliphatic carbocycles. The molecule has 4 N–H and O–H groups in total. The number of nitrogens with zero attached hydrogens (tertiary/aromatic N) is 3. The zero-order valence-electron chi connectivity index (χ0n) is 17.5. The molecular formula is C21H25ClN4O6. The van der Waals surface area contributed by atoms with Gasteiger partial charge in [0.1, 0.15) is 42.2 Å². The van der Waals surface area contributed by atoms with Crippen molar-refractivity contribution in [1.82, 2.24) is 14.5 Å². The predicted octanol–water partition coefficient (Wildman–Crippen LogP) is 1.47. The van der Waals surface area contributed by atoms with Crippen molar-refractivity contribution < 1.29 is 29.5 Å². The Balaban J connectivity index is 1.57. The highest BCUT2D eigenvalue weighted by Crippen LogP contribution is 2.38. The van der Waals surface area contributed by atoms with Gasteiger partial charge >= 0.3 is 0 Å². The number of hydrogen-bond donors (Lipinski definition) is 4. The molecule has 32 heavy (non-hydrogen) atoms. The topological polar surface area (TPSA) is 131 Å². The van der Waals surface area contributed by atoms with Crippen molar-refractivity contribution in [2.75, 3.05) is 26.1 Å². The third-order valence-corrected chi connectivity index (χ3v) is 5.80. The van der Waals surface area contributed by atoms with Gasteiger partial charge < -0.3 is 39.4 Å². The Morgan fingerprint density at radius 2 is 1.84 bits per heavy atom. The summed E-state index contributed by atoms with van der Waals surface area (Å²) in [6.07, 6.45) is -3.13. The minimum absolute atomic E-state index is 0.362. The van der Waals surface area contributed by atoms with Crippen LogP contribution in [0.15, 0.2) is 42.9 Å². The van der Waals surface area contributed by atoms with Gasteiger partial charge in [-0.1, -0.05) is 23.7 Å². The van der Waals surface area contributed by atoms with Crippen LogP contribution in [0.5, 0.6) is 0 Å². The van der Waals surface area contributed by atoms with Gasteiger partial charge in [0.15, 0.2) is 12.5 Å². The van der Waals surface area contributed by atoms with Gasteiger partial charge in [0.05, 0.1) is 11.9 Å². The van der Waals surface area contributed by atoms with E-state index in [1.807, 2.05) is 0 Å². The number of methoxy groups -OCH3 is 2. The van der Waals surface area contributed by atoms with Crippen molar-refractivity contribution in [2.24, 2.45) is 0 Å². The Kier molecular flexibility index (Phi) is 6.91. The van der Waals surface area contributed by atoms with Crippen molar-refractivity contribution in [3.63, 3.8) is 0 Å². The molecule has 1 aromatic carbocycles. The van der Waals surface area contributed by atoms with Crippen molar-refractivity contribution in [1.29, 1.82) is 0 Å². The Bertz CT molecular complexity index is 1040. The number of aliphatic hydroxyl groups is 3. The summed E-state index contributed by atoms with van der Waals surface area (Å²) in [6, 6.07) is 8.34. The molecule has 1 saturated heterocycles. The summed E-state index contributed by atoms with van der Waals surface area (Å²) < 4.78 is 17.9. The molecule has 0 saturated carbocycles. The molecule has 0 spiro atoms. The Morgan fingerprint density at radius 1 is 1.12 bits per heavy atom. The van der Waals surface area contributed by atoms with E-state index in [-0.39, 0.29) is 0 Å². The van der Waals surface area contributed by atoms with Gasteiger partial charge in [-0.05, 0) is 23.8 Å². The Labute approximate surface area is 189 Å². The van der Waals surface area contributed by atoms with Gasteiger partial charge in [-0.3, -0.25) is 0 Å². The first-order valence-electron chi connectivity index (χ1n) is 10.0. The first-order chi connectivity index (χ1) is 15.4. The highest BCUT2D eigenvalue weighted by atomic mass is 35.5. The van der Waals surface area contributed by atoms with E-state index in [0.717, 1.165) is 0 Å². The normalized spacial score (nSPS) is 24.3. The van der Waals surface area contributed by atoms with E-state index in [9.17, 15) is 15.3 Å². The van der Waals surface area contributed by atoms with Gasteiger partial charge in [0.25, 0.3) is 0 Å². The minimum Gasteiger partial charge on any atom is -0.387 e. The number of halogens is 1. The summed E-state index contributed by atoms with van der Waals surface area (Å²) in [5.41, 5.74) is 1.01. The van der Waals surface area contributed by atoms with Crippen LogP contribution in [0, 0.1) is 0 Å². The molecule has 5 atom stereocenters. The molecule has 0 bridgehead atoms. The van der Waals surface area contributed by atoms with Crippen molar-refractivity contribution in [3.05, 3.63) is 53.4 Å². The van der Waals surface area contributed by atoms with Crippen molar-refractivity contribution in [3.8, 4) is 0 Å². The van der Waals surface area contributed by atoms with Crippen LogP contribution in [0.4, 0.5) is 5.82 Å². The number of hydrogen-bond acceptors (Lipinski definition) is 9. The minimum atomic E-state index is -1.31. The molecule has 172 valence electrons. The maximum Gasteiger partial charge on any atom is 0.173 e. The van der Waals surface area contributed by atoms with Crippen LogP contribution < -0.4 is 5.32 Å². The molecule has 10 nitrogen and oxygen atoms in total. The Morgan fingerprint density at radius 3 is 2.53 bits per heavy atom. The van der Waals surface area contributed by atoms with E-state index in [0.29, 0.717) is 34.0 Å². The summed E-state index contributed by atoms with van der Waals surface area (Å²) in [6.45, 7) is 0.362. The van der Waals surface area contributed by atoms with Crippen LogP contribution in [-0.2, 0) is 14.2 Å². The number of nitrogens with one attached hydrogen (secondary N) is 1. The number of aliphatic hydroxyl groups excluding tert-OH is 3. The number of rotatable bonds is 8. The molecule has 1 unspecified atom stereocenters. The molecular weight excluding hydrogens is 440 g/mol. The quantitative estimate of drug-likeness (QED) is 0.366. The molecule has 1 fully saturated rings. The SMILES string of the molecule is COC(CNc1ncnc2c1ccn2[C@@H]1O[C@H](C(O)c2ccc(Cl)cc2)[C@@H](O)[C@H]1O)OC. The number of aromatic nitrogens is 3. The van der Waals surface area contributed by atoms with Crippen molar-refractivity contribution in [2.45, 2.75) is 36.9 Å². The largest absolute Gasteiger partial charge is 0.387 e. The van der Waals surface area contributed by atoms with Gasteiger partial charge in [-0.25, -0.2) is 9.97 Å². The fraction of sp³-hybridized carbons (Fsp3) is 0.429. The van der Waals surface area contributed by atoms with Crippen molar-refractivity contribution >= 4 is 28.5 Å². The predicted molar refractivity (Wildman–Crippen MR) is 116 cm³/mol. The molecule has 1 aliphatic rings. The standard InChI is InChI=1S/C21H25ClN4O6/c1-30-14(31-2)9-23-19-13-7-8-26(20(13)25-10-24-19)21-17(29)16(28)18(32-21)15(27)11-3-5-12(22)6-4-11/h3-8,10,14-18,21,27-29H,9H2,1-2H3,(H,23,24,25)/t15?,16-,17+,18+,21+/m0/s1. The highest BCUT2D eigenvalue weighted by Gasteiger charge is 2.47. The third kappa shape index (κ3) is 4.30. The lowest BCUT2D eigenvalue weighted by molar-refractivity contribution is -0.0914. The van der Waals surface area contributed by atoms with E-state index in [4.69, 9.17) is 25.8 Å². The molecule has 11 heteroatoms. The van der Waals surface area contributed by atoms with E-state index in [2.05, 4.69) is 15.3 Å². The maximum atomic E-state index is 10.7. The van der Waals surface area contributed by atoms with Gasteiger partial charge in [-0.15, -0.1) is 0 Å².